The fourth-order valence-corrected chi connectivity index (χ4v) is 4.17. The maximum absolute atomic E-state index is 13.0. The molecule has 0 unspecified atom stereocenters. The van der Waals surface area contributed by atoms with Gasteiger partial charge in [-0.3, -0.25) is 19.3 Å². The molecule has 35 heavy (non-hydrogen) atoms. The van der Waals surface area contributed by atoms with E-state index in [2.05, 4.69) is 15.4 Å². The van der Waals surface area contributed by atoms with Crippen LogP contribution in [0.5, 0.6) is 0 Å². The minimum atomic E-state index is -0.403. The fraction of sp³-hybridized carbons (Fsp3) is 0.192. The number of pyridine rings is 1. The van der Waals surface area contributed by atoms with E-state index in [1.54, 1.807) is 24.1 Å². The predicted molar refractivity (Wildman–Crippen MR) is 130 cm³/mol. The summed E-state index contributed by atoms with van der Waals surface area (Å²) in [5, 5.41) is 8.23. The van der Waals surface area contributed by atoms with Gasteiger partial charge in [-0.2, -0.15) is 5.10 Å². The molecule has 0 spiro atoms. The van der Waals surface area contributed by atoms with Gasteiger partial charge in [0.05, 0.1) is 34.4 Å². The lowest BCUT2D eigenvalue weighted by Gasteiger charge is -2.12. The van der Waals surface area contributed by atoms with Crippen LogP contribution in [0.1, 0.15) is 43.2 Å². The number of aryl methyl sites for hydroxylation is 1. The number of hydrogen-bond donors (Lipinski definition) is 1. The van der Waals surface area contributed by atoms with Crippen molar-refractivity contribution in [3.63, 3.8) is 0 Å². The summed E-state index contributed by atoms with van der Waals surface area (Å²) >= 11 is 0. The Kier molecular flexibility index (Phi) is 5.84. The summed E-state index contributed by atoms with van der Waals surface area (Å²) in [6, 6.07) is 16.0. The number of benzene rings is 2. The first-order valence-corrected chi connectivity index (χ1v) is 11.2. The Morgan fingerprint density at radius 3 is 2.57 bits per heavy atom. The number of anilines is 1. The number of carbonyl (C=O) groups is 3. The van der Waals surface area contributed by atoms with Crippen molar-refractivity contribution in [1.82, 2.24) is 19.7 Å². The molecule has 0 atom stereocenters. The van der Waals surface area contributed by atoms with Gasteiger partial charge in [0, 0.05) is 31.2 Å². The molecule has 176 valence electrons. The van der Waals surface area contributed by atoms with Crippen LogP contribution >= 0.6 is 0 Å². The zero-order valence-corrected chi connectivity index (χ0v) is 19.3. The second-order valence-electron chi connectivity index (χ2n) is 8.25. The van der Waals surface area contributed by atoms with Crippen LogP contribution in [0.3, 0.4) is 0 Å². The Morgan fingerprint density at radius 1 is 1.03 bits per heavy atom. The highest BCUT2D eigenvalue weighted by molar-refractivity contribution is 6.22. The molecule has 9 heteroatoms. The average Bonchev–Trinajstić information content (AvgIpc) is 3.33. The molecule has 1 aliphatic rings. The second-order valence-corrected chi connectivity index (χ2v) is 8.25. The molecule has 2 aromatic carbocycles. The molecule has 1 N–H and O–H groups in total. The number of carbonyl (C=O) groups excluding carboxylic acids is 3. The van der Waals surface area contributed by atoms with E-state index in [4.69, 9.17) is 4.74 Å². The number of methoxy groups -OCH3 is 1. The van der Waals surface area contributed by atoms with Gasteiger partial charge in [-0.25, -0.2) is 9.67 Å². The summed E-state index contributed by atoms with van der Waals surface area (Å²) in [6.45, 7) is 2.60. The fourth-order valence-electron chi connectivity index (χ4n) is 4.17. The van der Waals surface area contributed by atoms with Gasteiger partial charge < -0.3 is 10.1 Å². The molecule has 0 bridgehead atoms. The standard InChI is InChI=1S/C26H23N5O4/c1-16-21-14-18(15-27-23(21)31(29-16)19-7-4-3-5-8-19)28-24(32)17-9-10-20-22(13-17)26(34)30(25(20)33)11-6-12-35-2/h3-5,7-10,13-15H,6,11-12H2,1-2H3,(H,28,32). The van der Waals surface area contributed by atoms with E-state index < -0.39 is 11.8 Å². The number of ether oxygens (including phenoxy) is 1. The number of rotatable bonds is 7. The number of fused-ring (bicyclic) bond motifs is 2. The minimum absolute atomic E-state index is 0.230. The zero-order valence-electron chi connectivity index (χ0n) is 19.3. The van der Waals surface area contributed by atoms with Crippen molar-refractivity contribution in [2.24, 2.45) is 0 Å². The summed E-state index contributed by atoms with van der Waals surface area (Å²) in [5.74, 6) is -1.16. The van der Waals surface area contributed by atoms with E-state index in [9.17, 15) is 14.4 Å². The van der Waals surface area contributed by atoms with E-state index in [1.807, 2.05) is 43.3 Å². The van der Waals surface area contributed by atoms with Gasteiger partial charge >= 0.3 is 0 Å². The lowest BCUT2D eigenvalue weighted by atomic mass is 10.1. The molecule has 0 aliphatic carbocycles. The van der Waals surface area contributed by atoms with Gasteiger partial charge in [-0.05, 0) is 49.7 Å². The monoisotopic (exact) mass is 469 g/mol. The number of nitrogens with zero attached hydrogens (tertiary/aromatic N) is 4. The Hall–Kier alpha value is -4.37. The largest absolute Gasteiger partial charge is 0.385 e. The molecule has 0 radical (unpaired) electrons. The van der Waals surface area contributed by atoms with Crippen LogP contribution in [0.2, 0.25) is 0 Å². The molecule has 3 amide bonds. The molecule has 4 aromatic rings. The van der Waals surface area contributed by atoms with Crippen molar-refractivity contribution in [2.45, 2.75) is 13.3 Å². The van der Waals surface area contributed by atoms with Gasteiger partial charge in [-0.15, -0.1) is 0 Å². The minimum Gasteiger partial charge on any atom is -0.385 e. The molecule has 2 aromatic heterocycles. The first kappa shape index (κ1) is 22.4. The van der Waals surface area contributed by atoms with Gasteiger partial charge in [0.25, 0.3) is 17.7 Å². The normalized spacial score (nSPS) is 12.9. The third-order valence-electron chi connectivity index (χ3n) is 5.93. The maximum Gasteiger partial charge on any atom is 0.261 e. The summed E-state index contributed by atoms with van der Waals surface area (Å²) in [6.07, 6.45) is 2.12. The van der Waals surface area contributed by atoms with Crippen molar-refractivity contribution in [1.29, 1.82) is 0 Å². The summed E-state index contributed by atoms with van der Waals surface area (Å²) in [4.78, 5) is 44.0. The number of imide groups is 1. The third kappa shape index (κ3) is 4.06. The SMILES string of the molecule is COCCCN1C(=O)c2ccc(C(=O)Nc3cnc4c(c3)c(C)nn4-c3ccccc3)cc2C1=O. The number of para-hydroxylation sites is 1. The van der Waals surface area contributed by atoms with E-state index in [1.165, 1.54) is 17.0 Å². The lowest BCUT2D eigenvalue weighted by molar-refractivity contribution is 0.0638. The van der Waals surface area contributed by atoms with Crippen LogP contribution in [0.4, 0.5) is 5.69 Å². The van der Waals surface area contributed by atoms with Crippen LogP contribution in [-0.2, 0) is 4.74 Å². The molecule has 3 heterocycles. The van der Waals surface area contributed by atoms with Crippen molar-refractivity contribution >= 4 is 34.4 Å². The van der Waals surface area contributed by atoms with Gasteiger partial charge in [-0.1, -0.05) is 18.2 Å². The summed E-state index contributed by atoms with van der Waals surface area (Å²) in [7, 11) is 1.57. The number of aromatic nitrogens is 3. The molecule has 0 fully saturated rings. The highest BCUT2D eigenvalue weighted by Crippen LogP contribution is 2.26. The summed E-state index contributed by atoms with van der Waals surface area (Å²) in [5.41, 5.74) is 3.67. The highest BCUT2D eigenvalue weighted by atomic mass is 16.5. The van der Waals surface area contributed by atoms with Gasteiger partial charge in [0.1, 0.15) is 0 Å². The first-order valence-electron chi connectivity index (χ1n) is 11.2. The Labute approximate surface area is 201 Å². The van der Waals surface area contributed by atoms with Crippen LogP contribution in [0.25, 0.3) is 16.7 Å². The van der Waals surface area contributed by atoms with Gasteiger partial charge in [0.15, 0.2) is 5.65 Å². The number of amides is 3. The van der Waals surface area contributed by atoms with Crippen molar-refractivity contribution in [3.8, 4) is 5.69 Å². The lowest BCUT2D eigenvalue weighted by Crippen LogP contribution is -2.31. The van der Waals surface area contributed by atoms with E-state index in [-0.39, 0.29) is 23.6 Å². The van der Waals surface area contributed by atoms with Crippen molar-refractivity contribution < 1.29 is 19.1 Å². The molecule has 0 saturated carbocycles. The quantitative estimate of drug-likeness (QED) is 0.327. The zero-order chi connectivity index (χ0) is 24.5. The molecule has 9 nitrogen and oxygen atoms in total. The van der Waals surface area contributed by atoms with Crippen LogP contribution in [0.15, 0.2) is 60.8 Å². The van der Waals surface area contributed by atoms with Gasteiger partial charge in [0.2, 0.25) is 0 Å². The molecule has 0 saturated heterocycles. The Morgan fingerprint density at radius 2 is 1.80 bits per heavy atom. The van der Waals surface area contributed by atoms with E-state index >= 15 is 0 Å². The Balaban J connectivity index is 1.37. The van der Waals surface area contributed by atoms with Crippen molar-refractivity contribution in [2.75, 3.05) is 25.6 Å². The van der Waals surface area contributed by atoms with Crippen LogP contribution < -0.4 is 5.32 Å². The predicted octanol–water partition coefficient (Wildman–Crippen LogP) is 3.61. The number of nitrogens with one attached hydrogen (secondary N) is 1. The Bertz CT molecular complexity index is 1460. The van der Waals surface area contributed by atoms with Crippen molar-refractivity contribution in [3.05, 3.63) is 83.2 Å². The molecule has 5 rings (SSSR count). The molecular weight excluding hydrogens is 446 g/mol. The molecule has 1 aliphatic heterocycles. The smallest absolute Gasteiger partial charge is 0.261 e. The van der Waals surface area contributed by atoms with Crippen LogP contribution in [-0.4, -0.2) is 57.6 Å². The highest BCUT2D eigenvalue weighted by Gasteiger charge is 2.35. The first-order chi connectivity index (χ1) is 17.0. The molecular formula is C26H23N5O4. The second kappa shape index (κ2) is 9.11. The van der Waals surface area contributed by atoms with Crippen LogP contribution in [0, 0.1) is 6.92 Å². The summed E-state index contributed by atoms with van der Waals surface area (Å²) < 4.78 is 6.76. The number of hydrogen-bond acceptors (Lipinski definition) is 6. The third-order valence-corrected chi connectivity index (χ3v) is 5.93. The topological polar surface area (TPSA) is 106 Å². The average molecular weight is 470 g/mol. The van der Waals surface area contributed by atoms with E-state index in [0.717, 1.165) is 16.8 Å². The van der Waals surface area contributed by atoms with E-state index in [0.29, 0.717) is 29.9 Å². The maximum atomic E-state index is 13.0.